The number of halogens is 1. The van der Waals surface area contributed by atoms with Gasteiger partial charge < -0.3 is 14.9 Å². The van der Waals surface area contributed by atoms with Gasteiger partial charge in [0.25, 0.3) is 5.91 Å². The molecule has 0 radical (unpaired) electrons. The zero-order valence-electron chi connectivity index (χ0n) is 18.9. The van der Waals surface area contributed by atoms with E-state index < -0.39 is 10.0 Å². The monoisotopic (exact) mass is 486 g/mol. The third kappa shape index (κ3) is 4.38. The first kappa shape index (κ1) is 23.4. The van der Waals surface area contributed by atoms with E-state index in [-0.39, 0.29) is 10.8 Å². The lowest BCUT2D eigenvalue weighted by Gasteiger charge is -2.18. The van der Waals surface area contributed by atoms with Gasteiger partial charge in [-0.25, -0.2) is 8.42 Å². The summed E-state index contributed by atoms with van der Waals surface area (Å²) in [6, 6.07) is 12.4. The second-order valence-electron chi connectivity index (χ2n) is 7.91. The van der Waals surface area contributed by atoms with Crippen molar-refractivity contribution in [3.8, 4) is 0 Å². The highest BCUT2D eigenvalue weighted by Gasteiger charge is 2.23. The minimum Gasteiger partial charge on any atom is -0.361 e. The van der Waals surface area contributed by atoms with Crippen LogP contribution in [0, 0.1) is 0 Å². The summed E-state index contributed by atoms with van der Waals surface area (Å²) in [6.07, 6.45) is 2.59. The van der Waals surface area contributed by atoms with Crippen LogP contribution >= 0.6 is 11.6 Å². The third-order valence-electron chi connectivity index (χ3n) is 6.00. The van der Waals surface area contributed by atoms with Gasteiger partial charge in [-0.1, -0.05) is 25.4 Å². The Kier molecular flexibility index (Phi) is 6.52. The number of aromatic amines is 1. The summed E-state index contributed by atoms with van der Waals surface area (Å²) in [5.41, 5.74) is 3.36. The molecule has 0 atom stereocenters. The smallest absolute Gasteiger partial charge is 0.267 e. The average Bonchev–Trinajstić information content (AvgIpc) is 3.34. The first-order chi connectivity index (χ1) is 15.8. The van der Waals surface area contributed by atoms with E-state index in [1.807, 2.05) is 38.2 Å². The van der Waals surface area contributed by atoms with E-state index in [2.05, 4.69) is 10.3 Å². The molecular weight excluding hydrogens is 460 g/mol. The lowest BCUT2D eigenvalue weighted by Crippen LogP contribution is -2.30. The van der Waals surface area contributed by atoms with E-state index in [4.69, 9.17) is 11.6 Å². The fourth-order valence-electron chi connectivity index (χ4n) is 4.18. The highest BCUT2D eigenvalue weighted by molar-refractivity contribution is 7.89. The minimum atomic E-state index is -3.57. The molecule has 2 aromatic carbocycles. The first-order valence-electron chi connectivity index (χ1n) is 10.9. The van der Waals surface area contributed by atoms with E-state index >= 15 is 0 Å². The van der Waals surface area contributed by atoms with Crippen LogP contribution in [-0.2, 0) is 23.5 Å². The van der Waals surface area contributed by atoms with Crippen molar-refractivity contribution >= 4 is 49.3 Å². The predicted molar refractivity (Wildman–Crippen MR) is 132 cm³/mol. The van der Waals surface area contributed by atoms with Crippen molar-refractivity contribution < 1.29 is 13.2 Å². The van der Waals surface area contributed by atoms with Crippen LogP contribution in [0.15, 0.2) is 53.6 Å². The molecule has 2 aromatic heterocycles. The van der Waals surface area contributed by atoms with Crippen LogP contribution in [0.5, 0.6) is 0 Å². The number of aryl methyl sites for hydroxylation is 1. The van der Waals surface area contributed by atoms with Crippen LogP contribution in [0.3, 0.4) is 0 Å². The minimum absolute atomic E-state index is 0.209. The number of aromatic nitrogens is 2. The van der Waals surface area contributed by atoms with Crippen LogP contribution in [0.1, 0.15) is 29.9 Å². The van der Waals surface area contributed by atoms with E-state index in [9.17, 15) is 13.2 Å². The molecule has 174 valence electrons. The summed E-state index contributed by atoms with van der Waals surface area (Å²) in [5.74, 6) is -0.209. The van der Waals surface area contributed by atoms with Crippen LogP contribution in [-0.4, -0.2) is 47.8 Å². The van der Waals surface area contributed by atoms with E-state index in [1.54, 1.807) is 35.9 Å². The van der Waals surface area contributed by atoms with Crippen LogP contribution in [0.25, 0.3) is 21.8 Å². The molecule has 1 amide bonds. The summed E-state index contributed by atoms with van der Waals surface area (Å²) in [7, 11) is -1.76. The van der Waals surface area contributed by atoms with Gasteiger partial charge in [0.15, 0.2) is 0 Å². The molecule has 0 spiro atoms. The molecule has 0 saturated carbocycles. The Hall–Kier alpha value is -2.81. The number of carbonyl (C=O) groups excluding carboxylic acids is 1. The second-order valence-corrected chi connectivity index (χ2v) is 10.3. The zero-order chi connectivity index (χ0) is 23.8. The number of benzene rings is 2. The lowest BCUT2D eigenvalue weighted by molar-refractivity contribution is 0.0946. The van der Waals surface area contributed by atoms with Gasteiger partial charge >= 0.3 is 0 Å². The molecule has 0 aliphatic rings. The number of H-pyrrole nitrogens is 1. The van der Waals surface area contributed by atoms with Gasteiger partial charge in [0.2, 0.25) is 10.0 Å². The molecule has 7 nitrogen and oxygen atoms in total. The van der Waals surface area contributed by atoms with E-state index in [0.29, 0.717) is 42.2 Å². The van der Waals surface area contributed by atoms with E-state index in [0.717, 1.165) is 22.0 Å². The quantitative estimate of drug-likeness (QED) is 0.389. The Morgan fingerprint density at radius 1 is 1.12 bits per heavy atom. The largest absolute Gasteiger partial charge is 0.361 e. The van der Waals surface area contributed by atoms with Crippen molar-refractivity contribution in [1.29, 1.82) is 0 Å². The maximum Gasteiger partial charge on any atom is 0.267 e. The summed E-state index contributed by atoms with van der Waals surface area (Å²) >= 11 is 6.11. The molecule has 4 aromatic rings. The number of rotatable bonds is 8. The molecule has 0 aliphatic heterocycles. The fourth-order valence-corrected chi connectivity index (χ4v) is 5.84. The lowest BCUT2D eigenvalue weighted by atomic mass is 10.1. The molecule has 0 saturated heterocycles. The number of hydrogen-bond acceptors (Lipinski definition) is 3. The van der Waals surface area contributed by atoms with Crippen LogP contribution < -0.4 is 5.32 Å². The highest BCUT2D eigenvalue weighted by atomic mass is 35.5. The highest BCUT2D eigenvalue weighted by Crippen LogP contribution is 2.25. The molecule has 2 heterocycles. The molecule has 2 N–H and O–H groups in total. The summed E-state index contributed by atoms with van der Waals surface area (Å²) in [4.78, 5) is 16.3. The van der Waals surface area contributed by atoms with Gasteiger partial charge in [-0.05, 0) is 54.4 Å². The third-order valence-corrected chi connectivity index (χ3v) is 8.28. The number of sulfonamides is 1. The second kappa shape index (κ2) is 9.21. The number of nitrogens with one attached hydrogen (secondary N) is 2. The molecule has 0 bridgehead atoms. The average molecular weight is 487 g/mol. The topological polar surface area (TPSA) is 87.2 Å². The zero-order valence-corrected chi connectivity index (χ0v) is 20.4. The van der Waals surface area contributed by atoms with Crippen LogP contribution in [0.2, 0.25) is 5.02 Å². The molecule has 0 aliphatic carbocycles. The van der Waals surface area contributed by atoms with Gasteiger partial charge in [-0.2, -0.15) is 4.31 Å². The normalized spacial score (nSPS) is 12.2. The number of carbonyl (C=O) groups is 1. The molecule has 0 unspecified atom stereocenters. The summed E-state index contributed by atoms with van der Waals surface area (Å²) in [6.45, 7) is 4.90. The van der Waals surface area contributed by atoms with Crippen molar-refractivity contribution in [3.63, 3.8) is 0 Å². The molecule has 33 heavy (non-hydrogen) atoms. The van der Waals surface area contributed by atoms with Crippen LogP contribution in [0.4, 0.5) is 0 Å². The SMILES string of the molecule is CCN(CC)S(=O)(=O)c1ccc2c(c1)cc(C(=O)NCCc1c[nH]c3ccc(Cl)cc13)n2C. The molecule has 4 rings (SSSR count). The number of amides is 1. The standard InChI is InChI=1S/C24H27ClN4O3S/c1-4-29(5-2)33(31,32)19-7-9-22-17(12-19)13-23(28(22)3)24(30)26-11-10-16-15-27-21-8-6-18(25)14-20(16)21/h6-9,12-15,27H,4-5,10-11H2,1-3H3,(H,26,30). The van der Waals surface area contributed by atoms with Crippen molar-refractivity contribution in [2.45, 2.75) is 25.2 Å². The number of nitrogens with zero attached hydrogens (tertiary/aromatic N) is 2. The maximum atomic E-state index is 12.9. The van der Waals surface area contributed by atoms with Crippen molar-refractivity contribution in [2.75, 3.05) is 19.6 Å². The molecule has 0 fully saturated rings. The first-order valence-corrected chi connectivity index (χ1v) is 12.7. The summed E-state index contributed by atoms with van der Waals surface area (Å²) in [5, 5.41) is 5.39. The predicted octanol–water partition coefficient (Wildman–Crippen LogP) is 4.32. The van der Waals surface area contributed by atoms with Gasteiger partial charge in [0.1, 0.15) is 5.69 Å². The van der Waals surface area contributed by atoms with Crippen molar-refractivity contribution in [3.05, 3.63) is 64.9 Å². The van der Waals surface area contributed by atoms with E-state index in [1.165, 1.54) is 4.31 Å². The Morgan fingerprint density at radius 3 is 2.61 bits per heavy atom. The Bertz CT molecular complexity index is 1430. The van der Waals surface area contributed by atoms with Crippen molar-refractivity contribution in [1.82, 2.24) is 19.2 Å². The Morgan fingerprint density at radius 2 is 1.88 bits per heavy atom. The summed E-state index contributed by atoms with van der Waals surface area (Å²) < 4.78 is 28.9. The van der Waals surface area contributed by atoms with Crippen molar-refractivity contribution in [2.24, 2.45) is 7.05 Å². The molecular formula is C24H27ClN4O3S. The molecule has 9 heteroatoms. The van der Waals surface area contributed by atoms with Gasteiger partial charge in [0, 0.05) is 59.7 Å². The maximum absolute atomic E-state index is 12.9. The van der Waals surface area contributed by atoms with Gasteiger partial charge in [-0.3, -0.25) is 4.79 Å². The number of fused-ring (bicyclic) bond motifs is 2. The Labute approximate surface area is 198 Å². The Balaban J connectivity index is 1.52. The number of hydrogen-bond donors (Lipinski definition) is 2. The fraction of sp³-hybridized carbons (Fsp3) is 0.292. The van der Waals surface area contributed by atoms with Gasteiger partial charge in [-0.15, -0.1) is 0 Å². The van der Waals surface area contributed by atoms with Gasteiger partial charge in [0.05, 0.1) is 4.90 Å².